The molecule has 102 valence electrons. The van der Waals surface area contributed by atoms with Crippen LogP contribution < -0.4 is 10.7 Å². The van der Waals surface area contributed by atoms with E-state index in [1.165, 1.54) is 18.5 Å². The van der Waals surface area contributed by atoms with E-state index in [4.69, 9.17) is 0 Å². The zero-order chi connectivity index (χ0) is 14.7. The quantitative estimate of drug-likeness (QED) is 0.782. The molecule has 2 N–H and O–H groups in total. The van der Waals surface area contributed by atoms with Crippen LogP contribution in [-0.4, -0.2) is 28.0 Å². The normalized spacial score (nSPS) is 13.3. The molecule has 7 nitrogen and oxygen atoms in total. The first-order chi connectivity index (χ1) is 10.3. The van der Waals surface area contributed by atoms with E-state index in [9.17, 15) is 9.59 Å². The number of nitrogens with one attached hydrogen (secondary N) is 2. The largest absolute Gasteiger partial charge is 0.319 e. The molecule has 1 amide bonds. The molecule has 0 atom stereocenters. The van der Waals surface area contributed by atoms with Crippen LogP contribution in [0.1, 0.15) is 10.5 Å². The van der Waals surface area contributed by atoms with Crippen molar-refractivity contribution in [2.75, 3.05) is 0 Å². The molecule has 0 radical (unpaired) electrons. The van der Waals surface area contributed by atoms with Crippen molar-refractivity contribution in [3.63, 3.8) is 0 Å². The molecule has 2 heterocycles. The van der Waals surface area contributed by atoms with Gasteiger partial charge in [0.15, 0.2) is 5.94 Å². The molecular weight excluding hydrogens is 270 g/mol. The van der Waals surface area contributed by atoms with Crippen LogP contribution in [0.2, 0.25) is 0 Å². The van der Waals surface area contributed by atoms with Crippen LogP contribution in [0.4, 0.5) is 0 Å². The van der Waals surface area contributed by atoms with Gasteiger partial charge in [0.1, 0.15) is 11.4 Å². The molecule has 1 aromatic carbocycles. The molecule has 1 aliphatic heterocycles. The van der Waals surface area contributed by atoms with Gasteiger partial charge in [0.25, 0.3) is 5.91 Å². The SMILES string of the molecule is O=C=C1C=C(NC(=O)c2cnc3ccccc3n2)C=NN1. The minimum Gasteiger partial charge on any atom is -0.319 e. The smallest absolute Gasteiger partial charge is 0.275 e. The third kappa shape index (κ3) is 2.68. The van der Waals surface area contributed by atoms with Crippen LogP contribution in [0.25, 0.3) is 11.0 Å². The molecule has 3 rings (SSSR count). The summed E-state index contributed by atoms with van der Waals surface area (Å²) in [6.07, 6.45) is 4.20. The first-order valence-electron chi connectivity index (χ1n) is 6.05. The van der Waals surface area contributed by atoms with Gasteiger partial charge in [-0.2, -0.15) is 5.10 Å². The molecule has 0 fully saturated rings. The van der Waals surface area contributed by atoms with Crippen molar-refractivity contribution in [1.29, 1.82) is 0 Å². The average molecular weight is 279 g/mol. The van der Waals surface area contributed by atoms with E-state index in [0.717, 1.165) is 0 Å². The van der Waals surface area contributed by atoms with E-state index >= 15 is 0 Å². The van der Waals surface area contributed by atoms with Gasteiger partial charge in [-0.05, 0) is 18.2 Å². The molecule has 1 aliphatic rings. The zero-order valence-corrected chi connectivity index (χ0v) is 10.7. The van der Waals surface area contributed by atoms with Crippen LogP contribution in [0.15, 0.2) is 53.0 Å². The van der Waals surface area contributed by atoms with E-state index in [1.807, 2.05) is 18.2 Å². The number of hydrogen-bond donors (Lipinski definition) is 2. The maximum Gasteiger partial charge on any atom is 0.275 e. The minimum atomic E-state index is -0.432. The fraction of sp³-hybridized carbons (Fsp3) is 0. The molecular formula is C14H9N5O2. The average Bonchev–Trinajstić information content (AvgIpc) is 2.54. The van der Waals surface area contributed by atoms with Gasteiger partial charge in [0.2, 0.25) is 0 Å². The van der Waals surface area contributed by atoms with Crippen molar-refractivity contribution in [2.45, 2.75) is 0 Å². The summed E-state index contributed by atoms with van der Waals surface area (Å²) >= 11 is 0. The van der Waals surface area contributed by atoms with Crippen molar-refractivity contribution in [1.82, 2.24) is 20.7 Å². The summed E-state index contributed by atoms with van der Waals surface area (Å²) in [4.78, 5) is 31.0. The number of aromatic nitrogens is 2. The van der Waals surface area contributed by atoms with E-state index in [-0.39, 0.29) is 11.4 Å². The number of carbonyl (C=O) groups excluding carboxylic acids is 2. The Balaban J connectivity index is 1.85. The molecule has 7 heteroatoms. The van der Waals surface area contributed by atoms with E-state index in [2.05, 4.69) is 25.8 Å². The number of para-hydroxylation sites is 2. The molecule has 2 aromatic rings. The third-order valence-corrected chi connectivity index (χ3v) is 2.74. The van der Waals surface area contributed by atoms with Crippen LogP contribution in [-0.2, 0) is 4.79 Å². The van der Waals surface area contributed by atoms with Gasteiger partial charge in [0, 0.05) is 0 Å². The Labute approximate surface area is 119 Å². The van der Waals surface area contributed by atoms with Crippen molar-refractivity contribution in [2.24, 2.45) is 5.10 Å². The molecule has 21 heavy (non-hydrogen) atoms. The summed E-state index contributed by atoms with van der Waals surface area (Å²) < 4.78 is 0. The molecule has 0 unspecified atom stereocenters. The van der Waals surface area contributed by atoms with E-state index in [0.29, 0.717) is 16.7 Å². The summed E-state index contributed by atoms with van der Waals surface area (Å²) in [5.41, 5.74) is 4.47. The number of fused-ring (bicyclic) bond motifs is 1. The van der Waals surface area contributed by atoms with Gasteiger partial charge >= 0.3 is 0 Å². The number of amides is 1. The molecule has 0 aliphatic carbocycles. The molecule has 0 saturated carbocycles. The van der Waals surface area contributed by atoms with Crippen LogP contribution in [0, 0.1) is 0 Å². The fourth-order valence-corrected chi connectivity index (χ4v) is 1.78. The van der Waals surface area contributed by atoms with E-state index < -0.39 is 5.91 Å². The summed E-state index contributed by atoms with van der Waals surface area (Å²) in [5, 5.41) is 6.31. The van der Waals surface area contributed by atoms with Gasteiger partial charge in [-0.25, -0.2) is 9.78 Å². The highest BCUT2D eigenvalue weighted by Gasteiger charge is 2.12. The van der Waals surface area contributed by atoms with E-state index in [1.54, 1.807) is 12.0 Å². The Hall–Kier alpha value is -3.31. The summed E-state index contributed by atoms with van der Waals surface area (Å²) in [6, 6.07) is 7.26. The first kappa shape index (κ1) is 12.7. The predicted molar refractivity (Wildman–Crippen MR) is 75.9 cm³/mol. The van der Waals surface area contributed by atoms with Crippen LogP contribution in [0.3, 0.4) is 0 Å². The van der Waals surface area contributed by atoms with Gasteiger partial charge in [-0.3, -0.25) is 15.2 Å². The summed E-state index contributed by atoms with van der Waals surface area (Å²) in [5.74, 6) is 1.22. The lowest BCUT2D eigenvalue weighted by atomic mass is 10.3. The predicted octanol–water partition coefficient (Wildman–Crippen LogP) is 0.548. The summed E-state index contributed by atoms with van der Waals surface area (Å²) in [6.45, 7) is 0. The molecule has 0 spiro atoms. The maximum absolute atomic E-state index is 12.1. The number of rotatable bonds is 2. The molecule has 1 aromatic heterocycles. The van der Waals surface area contributed by atoms with Crippen LogP contribution >= 0.6 is 0 Å². The van der Waals surface area contributed by atoms with Crippen molar-refractivity contribution < 1.29 is 9.59 Å². The number of nitrogens with zero attached hydrogens (tertiary/aromatic N) is 3. The number of hydrazone groups is 1. The Morgan fingerprint density at radius 3 is 2.86 bits per heavy atom. The fourth-order valence-electron chi connectivity index (χ4n) is 1.78. The number of allylic oxidation sites excluding steroid dienone is 2. The maximum atomic E-state index is 12.1. The molecule has 0 saturated heterocycles. The number of hydrogen-bond acceptors (Lipinski definition) is 6. The Morgan fingerprint density at radius 2 is 2.05 bits per heavy atom. The van der Waals surface area contributed by atoms with Gasteiger partial charge in [-0.1, -0.05) is 12.1 Å². The third-order valence-electron chi connectivity index (χ3n) is 2.74. The van der Waals surface area contributed by atoms with Gasteiger partial charge in [-0.15, -0.1) is 0 Å². The van der Waals surface area contributed by atoms with Crippen molar-refractivity contribution in [3.05, 3.63) is 53.6 Å². The van der Waals surface area contributed by atoms with Crippen LogP contribution in [0.5, 0.6) is 0 Å². The van der Waals surface area contributed by atoms with Crippen molar-refractivity contribution in [3.8, 4) is 0 Å². The highest BCUT2D eigenvalue weighted by molar-refractivity contribution is 5.98. The second-order valence-corrected chi connectivity index (χ2v) is 4.18. The lowest BCUT2D eigenvalue weighted by Gasteiger charge is -2.09. The Bertz CT molecular complexity index is 834. The molecule has 0 bridgehead atoms. The lowest BCUT2D eigenvalue weighted by Crippen LogP contribution is -2.27. The standard InChI is InChI=1S/C14H9N5O2/c20-8-10-5-9(6-16-19-10)17-14(21)13-7-15-11-3-1-2-4-12(11)18-13/h1-7,19H,(H,17,21). The number of benzene rings is 1. The topological polar surface area (TPSA) is 96.3 Å². The second-order valence-electron chi connectivity index (χ2n) is 4.18. The summed E-state index contributed by atoms with van der Waals surface area (Å²) in [7, 11) is 0. The highest BCUT2D eigenvalue weighted by Crippen LogP contribution is 2.09. The lowest BCUT2D eigenvalue weighted by molar-refractivity contribution is 0.0963. The van der Waals surface area contributed by atoms with Crippen molar-refractivity contribution >= 4 is 29.1 Å². The second kappa shape index (κ2) is 5.36. The minimum absolute atomic E-state index is 0.136. The van der Waals surface area contributed by atoms with Gasteiger partial charge in [0.05, 0.1) is 29.1 Å². The zero-order valence-electron chi connectivity index (χ0n) is 10.7. The Kier molecular flexibility index (Phi) is 3.24. The highest BCUT2D eigenvalue weighted by atomic mass is 16.2. The monoisotopic (exact) mass is 279 g/mol. The first-order valence-corrected chi connectivity index (χ1v) is 6.05. The van der Waals surface area contributed by atoms with Gasteiger partial charge < -0.3 is 5.32 Å². The Morgan fingerprint density at radius 1 is 1.24 bits per heavy atom. The number of carbonyl (C=O) groups is 1.